The van der Waals surface area contributed by atoms with Crippen molar-refractivity contribution < 1.29 is 9.84 Å². The Hall–Kier alpha value is -2.33. The van der Waals surface area contributed by atoms with Crippen LogP contribution < -0.4 is 4.74 Å². The van der Waals surface area contributed by atoms with Crippen molar-refractivity contribution in [1.29, 1.82) is 0 Å². The number of aromatic nitrogens is 2. The maximum Gasteiger partial charge on any atom is 0.138 e. The molecule has 0 bridgehead atoms. The molecule has 0 aliphatic rings. The van der Waals surface area contributed by atoms with Gasteiger partial charge in [-0.25, -0.2) is 4.98 Å². The van der Waals surface area contributed by atoms with E-state index >= 15 is 0 Å². The fourth-order valence-corrected chi connectivity index (χ4v) is 2.68. The van der Waals surface area contributed by atoms with Crippen LogP contribution in [0.15, 0.2) is 42.6 Å². The average Bonchev–Trinajstić information content (AvgIpc) is 2.93. The van der Waals surface area contributed by atoms with Crippen molar-refractivity contribution in [3.8, 4) is 17.0 Å². The summed E-state index contributed by atoms with van der Waals surface area (Å²) in [6.07, 6.45) is 2.87. The van der Waals surface area contributed by atoms with Crippen LogP contribution in [-0.2, 0) is 13.0 Å². The fraction of sp³-hybridized carbons (Fsp3) is 0.278. The summed E-state index contributed by atoms with van der Waals surface area (Å²) in [5.74, 6) is 0.871. The lowest BCUT2D eigenvalue weighted by Gasteiger charge is -2.05. The second kappa shape index (κ2) is 6.20. The summed E-state index contributed by atoms with van der Waals surface area (Å²) in [6, 6.07) is 11.9. The minimum atomic E-state index is 0.0310. The zero-order chi connectivity index (χ0) is 15.5. The summed E-state index contributed by atoms with van der Waals surface area (Å²) in [4.78, 5) is 4.75. The lowest BCUT2D eigenvalue weighted by molar-refractivity contribution is 0.282. The van der Waals surface area contributed by atoms with E-state index in [-0.39, 0.29) is 6.61 Å². The van der Waals surface area contributed by atoms with E-state index in [0.29, 0.717) is 6.61 Å². The van der Waals surface area contributed by atoms with Crippen molar-refractivity contribution in [2.45, 2.75) is 26.9 Å². The molecule has 4 nitrogen and oxygen atoms in total. The van der Waals surface area contributed by atoms with E-state index in [1.165, 1.54) is 5.69 Å². The van der Waals surface area contributed by atoms with Crippen LogP contribution in [0, 0.1) is 0 Å². The molecule has 0 radical (unpaired) electrons. The monoisotopic (exact) mass is 296 g/mol. The summed E-state index contributed by atoms with van der Waals surface area (Å²) < 4.78 is 7.58. The number of imidazole rings is 1. The number of benzene rings is 1. The van der Waals surface area contributed by atoms with Crippen molar-refractivity contribution in [3.63, 3.8) is 0 Å². The first kappa shape index (κ1) is 14.6. The Morgan fingerprint density at radius 1 is 1.14 bits per heavy atom. The van der Waals surface area contributed by atoms with Gasteiger partial charge in [-0.3, -0.25) is 0 Å². The first-order valence-corrected chi connectivity index (χ1v) is 7.60. The lowest BCUT2D eigenvalue weighted by atomic mass is 10.1. The number of aryl methyl sites for hydroxylation is 1. The van der Waals surface area contributed by atoms with Crippen molar-refractivity contribution in [1.82, 2.24) is 9.38 Å². The molecule has 1 aromatic carbocycles. The molecule has 0 unspecified atom stereocenters. The Labute approximate surface area is 130 Å². The average molecular weight is 296 g/mol. The Morgan fingerprint density at radius 3 is 2.55 bits per heavy atom. The number of aliphatic hydroxyl groups is 1. The van der Waals surface area contributed by atoms with Gasteiger partial charge in [0.05, 0.1) is 24.6 Å². The third-order valence-electron chi connectivity index (χ3n) is 3.75. The molecule has 0 fully saturated rings. The third-order valence-corrected chi connectivity index (χ3v) is 3.75. The highest BCUT2D eigenvalue weighted by atomic mass is 16.5. The molecule has 22 heavy (non-hydrogen) atoms. The van der Waals surface area contributed by atoms with Crippen LogP contribution in [0.2, 0.25) is 0 Å². The molecule has 0 saturated heterocycles. The summed E-state index contributed by atoms with van der Waals surface area (Å²) in [7, 11) is 0. The quantitative estimate of drug-likeness (QED) is 0.784. The van der Waals surface area contributed by atoms with Gasteiger partial charge in [0.1, 0.15) is 11.4 Å². The van der Waals surface area contributed by atoms with Crippen LogP contribution in [-0.4, -0.2) is 21.1 Å². The Kier molecular flexibility index (Phi) is 4.11. The smallest absolute Gasteiger partial charge is 0.138 e. The van der Waals surface area contributed by atoms with Crippen LogP contribution in [0.3, 0.4) is 0 Å². The normalized spacial score (nSPS) is 11.0. The van der Waals surface area contributed by atoms with Crippen LogP contribution in [0.5, 0.6) is 5.75 Å². The largest absolute Gasteiger partial charge is 0.494 e. The predicted molar refractivity (Wildman–Crippen MR) is 87.1 cm³/mol. The van der Waals surface area contributed by atoms with E-state index in [1.54, 1.807) is 0 Å². The summed E-state index contributed by atoms with van der Waals surface area (Å²) in [6.45, 7) is 4.80. The molecule has 3 rings (SSSR count). The molecule has 0 atom stereocenters. The summed E-state index contributed by atoms with van der Waals surface area (Å²) in [5.41, 5.74) is 4.98. The molecule has 2 aromatic heterocycles. The number of pyridine rings is 1. The van der Waals surface area contributed by atoms with Crippen molar-refractivity contribution in [3.05, 3.63) is 53.9 Å². The van der Waals surface area contributed by atoms with Crippen molar-refractivity contribution in [2.24, 2.45) is 0 Å². The minimum absolute atomic E-state index is 0.0310. The van der Waals surface area contributed by atoms with Crippen LogP contribution >= 0.6 is 0 Å². The number of ether oxygens (including phenoxy) is 1. The van der Waals surface area contributed by atoms with Gasteiger partial charge in [0.25, 0.3) is 0 Å². The highest BCUT2D eigenvalue weighted by Gasteiger charge is 2.13. The van der Waals surface area contributed by atoms with Crippen LogP contribution in [0.25, 0.3) is 16.9 Å². The zero-order valence-corrected chi connectivity index (χ0v) is 12.9. The van der Waals surface area contributed by atoms with Gasteiger partial charge in [0.2, 0.25) is 0 Å². The number of nitrogens with zero attached hydrogens (tertiary/aromatic N) is 2. The number of hydrogen-bond donors (Lipinski definition) is 1. The molecular weight excluding hydrogens is 276 g/mol. The third kappa shape index (κ3) is 2.57. The Morgan fingerprint density at radius 2 is 1.91 bits per heavy atom. The summed E-state index contributed by atoms with van der Waals surface area (Å²) >= 11 is 0. The van der Waals surface area contributed by atoms with E-state index in [1.807, 2.05) is 49.5 Å². The van der Waals surface area contributed by atoms with E-state index in [0.717, 1.165) is 34.6 Å². The standard InChI is InChI=1S/C18H20N2O2/c1-3-16-18(14-5-7-15(8-6-14)22-4-2)19-17-11-13(12-21)9-10-20(16)17/h5-11,21H,3-4,12H2,1-2H3. The maximum atomic E-state index is 9.28. The molecule has 0 spiro atoms. The molecule has 0 aliphatic heterocycles. The number of rotatable bonds is 5. The van der Waals surface area contributed by atoms with Gasteiger partial charge in [0.15, 0.2) is 0 Å². The molecular formula is C18H20N2O2. The van der Waals surface area contributed by atoms with Crippen LogP contribution in [0.1, 0.15) is 25.1 Å². The SMILES string of the molecule is CCOc1ccc(-c2nc3cc(CO)ccn3c2CC)cc1. The molecule has 114 valence electrons. The van der Waals surface area contributed by atoms with Gasteiger partial charge in [-0.15, -0.1) is 0 Å². The minimum Gasteiger partial charge on any atom is -0.494 e. The second-order valence-electron chi connectivity index (χ2n) is 5.14. The summed E-state index contributed by atoms with van der Waals surface area (Å²) in [5, 5.41) is 9.28. The molecule has 4 heteroatoms. The second-order valence-corrected chi connectivity index (χ2v) is 5.14. The lowest BCUT2D eigenvalue weighted by Crippen LogP contribution is -1.94. The van der Waals surface area contributed by atoms with Crippen molar-refractivity contribution in [2.75, 3.05) is 6.61 Å². The Balaban J connectivity index is 2.08. The molecule has 2 heterocycles. The van der Waals surface area contributed by atoms with Gasteiger partial charge in [-0.1, -0.05) is 6.92 Å². The topological polar surface area (TPSA) is 46.8 Å². The van der Waals surface area contributed by atoms with Crippen molar-refractivity contribution >= 4 is 5.65 Å². The maximum absolute atomic E-state index is 9.28. The highest BCUT2D eigenvalue weighted by molar-refractivity contribution is 5.67. The Bertz CT molecular complexity index is 776. The van der Waals surface area contributed by atoms with Gasteiger partial charge in [-0.05, 0) is 55.3 Å². The first-order chi connectivity index (χ1) is 10.8. The van der Waals surface area contributed by atoms with Gasteiger partial charge in [-0.2, -0.15) is 0 Å². The first-order valence-electron chi connectivity index (χ1n) is 7.60. The van der Waals surface area contributed by atoms with Gasteiger partial charge in [0, 0.05) is 11.8 Å². The van der Waals surface area contributed by atoms with Gasteiger partial charge < -0.3 is 14.2 Å². The highest BCUT2D eigenvalue weighted by Crippen LogP contribution is 2.27. The van der Waals surface area contributed by atoms with E-state index in [4.69, 9.17) is 9.72 Å². The number of fused-ring (bicyclic) bond motifs is 1. The number of hydrogen-bond acceptors (Lipinski definition) is 3. The molecule has 1 N–H and O–H groups in total. The van der Waals surface area contributed by atoms with Gasteiger partial charge >= 0.3 is 0 Å². The van der Waals surface area contributed by atoms with E-state index in [2.05, 4.69) is 11.3 Å². The molecule has 0 aliphatic carbocycles. The van der Waals surface area contributed by atoms with Crippen LogP contribution in [0.4, 0.5) is 0 Å². The molecule has 0 saturated carbocycles. The van der Waals surface area contributed by atoms with E-state index in [9.17, 15) is 5.11 Å². The van der Waals surface area contributed by atoms with E-state index < -0.39 is 0 Å². The zero-order valence-electron chi connectivity index (χ0n) is 12.9. The molecule has 0 amide bonds. The predicted octanol–water partition coefficient (Wildman–Crippen LogP) is 3.45. The molecule has 3 aromatic rings. The fourth-order valence-electron chi connectivity index (χ4n) is 2.68. The number of aliphatic hydroxyl groups excluding tert-OH is 1.